The van der Waals surface area contributed by atoms with Crippen molar-refractivity contribution < 1.29 is 74.1 Å². The Balaban J connectivity index is 1.45. The Morgan fingerprint density at radius 1 is 0.744 bits per heavy atom. The first-order valence-electron chi connectivity index (χ1n) is 13.3. The van der Waals surface area contributed by atoms with Crippen LogP contribution in [0.4, 0.5) is 0 Å². The van der Waals surface area contributed by atoms with Gasteiger partial charge in [0.15, 0.2) is 17.8 Å². The molecule has 234 valence electrons. The number of methoxy groups -OCH3 is 1. The fourth-order valence-corrected chi connectivity index (χ4v) is 4.91. The van der Waals surface area contributed by atoms with Crippen LogP contribution < -0.4 is 9.47 Å². The van der Waals surface area contributed by atoms with E-state index in [0.717, 1.165) is 6.07 Å². The van der Waals surface area contributed by atoms with Gasteiger partial charge in [0.25, 0.3) is 0 Å². The fraction of sp³-hybridized carbons (Fsp3) is 0.464. The molecule has 3 aromatic rings. The Morgan fingerprint density at radius 2 is 1.44 bits per heavy atom. The Morgan fingerprint density at radius 3 is 2.16 bits per heavy atom. The predicted molar refractivity (Wildman–Crippen MR) is 143 cm³/mol. The molecule has 5 rings (SSSR count). The molecule has 2 aliphatic heterocycles. The molecule has 0 aliphatic carbocycles. The third-order valence-corrected chi connectivity index (χ3v) is 7.40. The van der Waals surface area contributed by atoms with Crippen molar-refractivity contribution in [3.8, 4) is 40.1 Å². The minimum absolute atomic E-state index is 0.0136. The van der Waals surface area contributed by atoms with Crippen molar-refractivity contribution >= 4 is 11.0 Å². The van der Waals surface area contributed by atoms with Gasteiger partial charge in [0, 0.05) is 18.2 Å². The molecule has 9 N–H and O–H groups in total. The van der Waals surface area contributed by atoms with Gasteiger partial charge in [0.05, 0.1) is 31.5 Å². The van der Waals surface area contributed by atoms with E-state index in [1.54, 1.807) is 0 Å². The largest absolute Gasteiger partial charge is 0.507 e. The average Bonchev–Trinajstić information content (AvgIpc) is 2.98. The summed E-state index contributed by atoms with van der Waals surface area (Å²) in [5.74, 6) is -0.865. The highest BCUT2D eigenvalue weighted by atomic mass is 16.7. The van der Waals surface area contributed by atoms with E-state index in [0.29, 0.717) is 5.56 Å². The second-order valence-corrected chi connectivity index (χ2v) is 10.4. The molecule has 0 amide bonds. The molecule has 0 saturated carbocycles. The number of fused-ring (bicyclic) bond motifs is 1. The summed E-state index contributed by atoms with van der Waals surface area (Å²) in [6, 6.07) is 7.87. The molecule has 15 heteroatoms. The van der Waals surface area contributed by atoms with Crippen LogP contribution in [0.5, 0.6) is 28.7 Å². The molecule has 10 atom stereocenters. The van der Waals surface area contributed by atoms with Crippen molar-refractivity contribution in [3.63, 3.8) is 0 Å². The first-order valence-corrected chi connectivity index (χ1v) is 13.3. The Kier molecular flexibility index (Phi) is 8.80. The van der Waals surface area contributed by atoms with Crippen LogP contribution >= 0.6 is 0 Å². The van der Waals surface area contributed by atoms with Gasteiger partial charge < -0.3 is 69.6 Å². The molecule has 43 heavy (non-hydrogen) atoms. The summed E-state index contributed by atoms with van der Waals surface area (Å²) in [7, 11) is 1.34. The summed E-state index contributed by atoms with van der Waals surface area (Å²) in [5, 5.41) is 92.6. The molecule has 0 unspecified atom stereocenters. The second-order valence-electron chi connectivity index (χ2n) is 10.4. The maximum absolute atomic E-state index is 10.7. The summed E-state index contributed by atoms with van der Waals surface area (Å²) in [6.07, 6.45) is -15.1. The number of rotatable bonds is 7. The first kappa shape index (κ1) is 30.9. The number of ether oxygens (including phenoxy) is 5. The summed E-state index contributed by atoms with van der Waals surface area (Å²) in [6.45, 7) is 0.952. The van der Waals surface area contributed by atoms with Crippen molar-refractivity contribution in [1.82, 2.24) is 0 Å². The van der Waals surface area contributed by atoms with Gasteiger partial charge in [-0.1, -0.05) is 0 Å². The van der Waals surface area contributed by atoms with Crippen LogP contribution in [0.3, 0.4) is 0 Å². The maximum Gasteiger partial charge on any atom is 0.402 e. The number of aromatic hydroxyl groups is 3. The number of phenols is 3. The third kappa shape index (κ3) is 5.99. The van der Waals surface area contributed by atoms with E-state index in [9.17, 15) is 46.0 Å². The van der Waals surface area contributed by atoms with Gasteiger partial charge in [-0.25, -0.2) is 4.42 Å². The molecular weight excluding hydrogens is 576 g/mol. The smallest absolute Gasteiger partial charge is 0.402 e. The predicted octanol–water partition coefficient (Wildman–Crippen LogP) is -0.463. The van der Waals surface area contributed by atoms with E-state index in [4.69, 9.17) is 28.1 Å². The van der Waals surface area contributed by atoms with Gasteiger partial charge in [0.2, 0.25) is 12.0 Å². The van der Waals surface area contributed by atoms with Gasteiger partial charge in [0.1, 0.15) is 59.6 Å². The zero-order valence-electron chi connectivity index (χ0n) is 22.9. The minimum Gasteiger partial charge on any atom is -0.507 e. The summed E-state index contributed by atoms with van der Waals surface area (Å²) in [4.78, 5) is 0. The lowest BCUT2D eigenvalue weighted by Crippen LogP contribution is -2.61. The normalized spacial score (nSPS) is 32.9. The minimum atomic E-state index is -1.80. The van der Waals surface area contributed by atoms with Crippen LogP contribution in [0.2, 0.25) is 0 Å². The number of benzene rings is 2. The highest BCUT2D eigenvalue weighted by Crippen LogP contribution is 2.42. The first-order chi connectivity index (χ1) is 20.4. The SMILES string of the molecule is COc1cc(-c2[o+]c3cc(O)cc(O)c3cc2O[C@@H]2O[C@H](CO[C@@H]3O[C@@H](C)[C@H](O)[C@@H](O)[C@H]3O)[C@@H](O)[C@H](O)[C@H]2O)ccc1O. The third-order valence-electron chi connectivity index (χ3n) is 7.40. The lowest BCUT2D eigenvalue weighted by molar-refractivity contribution is -0.318. The van der Waals surface area contributed by atoms with Crippen LogP contribution in [0, 0.1) is 0 Å². The van der Waals surface area contributed by atoms with Crippen LogP contribution in [0.1, 0.15) is 6.92 Å². The zero-order valence-corrected chi connectivity index (χ0v) is 22.9. The van der Waals surface area contributed by atoms with Crippen molar-refractivity contribution in [2.75, 3.05) is 13.7 Å². The highest BCUT2D eigenvalue weighted by Gasteiger charge is 2.48. The average molecular weight is 610 g/mol. The molecule has 2 aromatic carbocycles. The van der Waals surface area contributed by atoms with Crippen LogP contribution in [-0.4, -0.2) is 121 Å². The number of phenolic OH excluding ortho intramolecular Hbond substituents is 3. The molecule has 0 radical (unpaired) electrons. The standard InChI is InChI=1S/C28H32O15/c1-10-20(32)22(34)24(36)27(40-10)39-9-19-21(33)23(35)25(37)28(43-19)42-18-8-13-15(31)6-12(29)7-16(13)41-26(18)11-3-4-14(30)17(5-11)38-2/h3-8,10,19-25,27-28,32-37H,9H2,1-2H3,(H2-,29,30,31)/p+1/t10-,19+,20-,21+,22+,23-,24+,25+,27+,28+/m0/s1. The van der Waals surface area contributed by atoms with E-state index in [1.807, 2.05) is 0 Å². The lowest BCUT2D eigenvalue weighted by Gasteiger charge is -2.42. The number of aliphatic hydroxyl groups excluding tert-OH is 6. The van der Waals surface area contributed by atoms with E-state index in [1.165, 1.54) is 44.4 Å². The van der Waals surface area contributed by atoms with E-state index < -0.39 is 68.0 Å². The van der Waals surface area contributed by atoms with Crippen LogP contribution in [0.15, 0.2) is 40.8 Å². The Labute approximate surface area is 243 Å². The van der Waals surface area contributed by atoms with Gasteiger partial charge >= 0.3 is 11.3 Å². The van der Waals surface area contributed by atoms with Gasteiger partial charge in [-0.05, 0) is 19.1 Å². The van der Waals surface area contributed by atoms with E-state index in [-0.39, 0.29) is 45.5 Å². The van der Waals surface area contributed by atoms with Crippen LogP contribution in [0.25, 0.3) is 22.3 Å². The second kappa shape index (κ2) is 12.2. The molecule has 0 spiro atoms. The molecule has 2 aliphatic rings. The number of hydrogen-bond donors (Lipinski definition) is 9. The van der Waals surface area contributed by atoms with E-state index >= 15 is 0 Å². The molecule has 15 nitrogen and oxygen atoms in total. The van der Waals surface area contributed by atoms with E-state index in [2.05, 4.69) is 0 Å². The van der Waals surface area contributed by atoms with Crippen LogP contribution in [-0.2, 0) is 14.2 Å². The molecule has 2 saturated heterocycles. The van der Waals surface area contributed by atoms with Gasteiger partial charge in [-0.3, -0.25) is 0 Å². The number of hydrogen-bond acceptors (Lipinski definition) is 14. The molecular formula is C28H33O15+. The summed E-state index contributed by atoms with van der Waals surface area (Å²) < 4.78 is 33.7. The quantitative estimate of drug-likeness (QED) is 0.154. The van der Waals surface area contributed by atoms with Gasteiger partial charge in [-0.15, -0.1) is 0 Å². The maximum atomic E-state index is 10.7. The summed E-state index contributed by atoms with van der Waals surface area (Å²) >= 11 is 0. The topological polar surface area (TPSA) is 240 Å². The van der Waals surface area contributed by atoms with Gasteiger partial charge in [-0.2, -0.15) is 0 Å². The molecule has 3 heterocycles. The molecule has 2 fully saturated rings. The fourth-order valence-electron chi connectivity index (χ4n) is 4.91. The Hall–Kier alpha value is -3.51. The Bertz CT molecular complexity index is 1450. The monoisotopic (exact) mass is 609 g/mol. The highest BCUT2D eigenvalue weighted by molar-refractivity contribution is 5.88. The molecule has 0 bridgehead atoms. The zero-order chi connectivity index (χ0) is 31.2. The summed E-state index contributed by atoms with van der Waals surface area (Å²) in [5.41, 5.74) is 0.352. The molecule has 1 aromatic heterocycles. The lowest BCUT2D eigenvalue weighted by atomic mass is 9.98. The van der Waals surface area contributed by atoms with Crippen molar-refractivity contribution in [3.05, 3.63) is 36.4 Å². The van der Waals surface area contributed by atoms with Crippen molar-refractivity contribution in [1.29, 1.82) is 0 Å². The van der Waals surface area contributed by atoms with Crippen molar-refractivity contribution in [2.24, 2.45) is 0 Å². The van der Waals surface area contributed by atoms with Crippen molar-refractivity contribution in [2.45, 2.75) is 68.3 Å². The number of aliphatic hydroxyl groups is 6.